The van der Waals surface area contributed by atoms with Crippen LogP contribution >= 0.6 is 0 Å². The van der Waals surface area contributed by atoms with Crippen molar-refractivity contribution >= 4 is 34.7 Å². The molecule has 162 valence electrons. The summed E-state index contributed by atoms with van der Waals surface area (Å²) in [5, 5.41) is 2.80. The number of methoxy groups -OCH3 is 2. The molecule has 0 spiro atoms. The van der Waals surface area contributed by atoms with E-state index in [9.17, 15) is 9.59 Å². The maximum Gasteiger partial charge on any atom is 0.244 e. The zero-order valence-electron chi connectivity index (χ0n) is 17.7. The molecule has 0 saturated carbocycles. The van der Waals surface area contributed by atoms with Gasteiger partial charge in [-0.25, -0.2) is 9.98 Å². The molecule has 0 unspecified atom stereocenters. The van der Waals surface area contributed by atoms with E-state index in [1.807, 2.05) is 24.3 Å². The zero-order chi connectivity index (χ0) is 22.5. The Morgan fingerprint density at radius 3 is 2.56 bits per heavy atom. The number of aromatic nitrogens is 1. The molecule has 2 heterocycles. The number of rotatable bonds is 6. The number of pyridine rings is 1. The van der Waals surface area contributed by atoms with Crippen molar-refractivity contribution < 1.29 is 19.1 Å². The second-order valence-corrected chi connectivity index (χ2v) is 7.07. The lowest BCUT2D eigenvalue weighted by molar-refractivity contribution is -0.120. The van der Waals surface area contributed by atoms with Crippen LogP contribution in [0.25, 0.3) is 0 Å². The number of carbonyl (C=O) groups excluding carboxylic acids is 2. The van der Waals surface area contributed by atoms with E-state index in [1.165, 1.54) is 4.90 Å². The molecule has 1 aliphatic rings. The summed E-state index contributed by atoms with van der Waals surface area (Å²) >= 11 is 0. The first-order chi connectivity index (χ1) is 15.6. The molecule has 1 aliphatic heterocycles. The minimum atomic E-state index is -0.351. The summed E-state index contributed by atoms with van der Waals surface area (Å²) in [6, 6.07) is 17.9. The molecule has 0 fully saturated rings. The summed E-state index contributed by atoms with van der Waals surface area (Å²) in [6.07, 6.45) is 1.61. The number of amides is 2. The number of nitrogens with zero attached hydrogens (tertiary/aromatic N) is 3. The van der Waals surface area contributed by atoms with Crippen molar-refractivity contribution in [3.8, 4) is 11.5 Å². The van der Waals surface area contributed by atoms with Gasteiger partial charge in [0, 0.05) is 18.0 Å². The minimum Gasteiger partial charge on any atom is -0.497 e. The summed E-state index contributed by atoms with van der Waals surface area (Å²) < 4.78 is 10.4. The van der Waals surface area contributed by atoms with Gasteiger partial charge >= 0.3 is 0 Å². The molecule has 0 atom stereocenters. The Morgan fingerprint density at radius 2 is 1.81 bits per heavy atom. The van der Waals surface area contributed by atoms with Gasteiger partial charge in [0.05, 0.1) is 26.4 Å². The molecule has 2 aromatic carbocycles. The Morgan fingerprint density at radius 1 is 1.03 bits per heavy atom. The molecule has 0 bridgehead atoms. The highest BCUT2D eigenvalue weighted by atomic mass is 16.5. The number of anilines is 2. The lowest BCUT2D eigenvalue weighted by Gasteiger charge is -2.20. The number of ether oxygens (including phenoxy) is 2. The molecule has 2 amide bonds. The number of nitrogens with one attached hydrogen (secondary N) is 1. The van der Waals surface area contributed by atoms with E-state index in [-0.39, 0.29) is 24.8 Å². The van der Waals surface area contributed by atoms with Crippen LogP contribution in [0.1, 0.15) is 12.0 Å². The standard InChI is InChI=1S/C24H22N4O4/c1-31-18-10-8-16(9-11-18)21-14-23(30)28(24-20(27-21)7-4-12-25-24)15-22(29)26-17-5-3-6-19(13-17)32-2/h3-13H,14-15H2,1-2H3,(H,26,29). The Labute approximate surface area is 185 Å². The van der Waals surface area contributed by atoms with Gasteiger partial charge in [-0.05, 0) is 54.1 Å². The Hall–Kier alpha value is -4.20. The van der Waals surface area contributed by atoms with E-state index in [1.54, 1.807) is 56.8 Å². The van der Waals surface area contributed by atoms with Gasteiger partial charge in [0.1, 0.15) is 23.7 Å². The third-order valence-electron chi connectivity index (χ3n) is 4.98. The first-order valence-corrected chi connectivity index (χ1v) is 9.98. The fourth-order valence-corrected chi connectivity index (χ4v) is 3.38. The zero-order valence-corrected chi connectivity index (χ0v) is 17.7. The summed E-state index contributed by atoms with van der Waals surface area (Å²) in [5.41, 5.74) is 2.51. The third-order valence-corrected chi connectivity index (χ3v) is 4.98. The van der Waals surface area contributed by atoms with Crippen LogP contribution in [0.2, 0.25) is 0 Å². The molecular formula is C24H22N4O4. The first kappa shape index (κ1) is 21.0. The number of carbonyl (C=O) groups is 2. The van der Waals surface area contributed by atoms with Crippen LogP contribution in [0, 0.1) is 0 Å². The Balaban J connectivity index is 1.58. The maximum absolute atomic E-state index is 13.2. The number of hydrogen-bond donors (Lipinski definition) is 1. The molecule has 0 aliphatic carbocycles. The minimum absolute atomic E-state index is 0.0368. The van der Waals surface area contributed by atoms with Crippen LogP contribution in [0.15, 0.2) is 71.9 Å². The molecule has 32 heavy (non-hydrogen) atoms. The normalized spacial score (nSPS) is 13.0. The predicted octanol–water partition coefficient (Wildman–Crippen LogP) is 3.60. The topological polar surface area (TPSA) is 93.1 Å². The third kappa shape index (κ3) is 4.59. The van der Waals surface area contributed by atoms with Crippen LogP contribution in [0.3, 0.4) is 0 Å². The van der Waals surface area contributed by atoms with Crippen LogP contribution in [0.5, 0.6) is 11.5 Å². The van der Waals surface area contributed by atoms with Crippen molar-refractivity contribution in [2.45, 2.75) is 6.42 Å². The van der Waals surface area contributed by atoms with E-state index >= 15 is 0 Å². The van der Waals surface area contributed by atoms with Crippen molar-refractivity contribution in [3.05, 3.63) is 72.4 Å². The van der Waals surface area contributed by atoms with Crippen LogP contribution in [-0.2, 0) is 9.59 Å². The monoisotopic (exact) mass is 430 g/mol. The average molecular weight is 430 g/mol. The number of fused-ring (bicyclic) bond motifs is 1. The van der Waals surface area contributed by atoms with Crippen molar-refractivity contribution in [1.82, 2.24) is 4.98 Å². The second-order valence-electron chi connectivity index (χ2n) is 7.07. The van der Waals surface area contributed by atoms with Gasteiger partial charge in [0.15, 0.2) is 5.82 Å². The first-order valence-electron chi connectivity index (χ1n) is 9.98. The number of benzene rings is 2. The lowest BCUT2D eigenvalue weighted by Crippen LogP contribution is -2.38. The number of hydrogen-bond acceptors (Lipinski definition) is 6. The number of aliphatic imine (C=N–C) groups is 1. The van der Waals surface area contributed by atoms with Crippen LogP contribution < -0.4 is 19.7 Å². The van der Waals surface area contributed by atoms with Gasteiger partial charge in [-0.2, -0.15) is 0 Å². The summed E-state index contributed by atoms with van der Waals surface area (Å²) in [5.74, 6) is 1.07. The predicted molar refractivity (Wildman–Crippen MR) is 122 cm³/mol. The van der Waals surface area contributed by atoms with Crippen molar-refractivity contribution in [3.63, 3.8) is 0 Å². The second kappa shape index (κ2) is 9.30. The maximum atomic E-state index is 13.2. The van der Waals surface area contributed by atoms with Crippen molar-refractivity contribution in [2.75, 3.05) is 31.0 Å². The van der Waals surface area contributed by atoms with Gasteiger partial charge in [-0.3, -0.25) is 14.5 Å². The SMILES string of the molecule is COc1ccc(C2=Nc3cccnc3N(CC(=O)Nc3cccc(OC)c3)C(=O)C2)cc1. The highest BCUT2D eigenvalue weighted by Crippen LogP contribution is 2.31. The van der Waals surface area contributed by atoms with Gasteiger partial charge in [-0.1, -0.05) is 6.07 Å². The average Bonchev–Trinajstić information content (AvgIpc) is 2.95. The molecular weight excluding hydrogens is 408 g/mol. The van der Waals surface area contributed by atoms with Gasteiger partial charge in [0.2, 0.25) is 11.8 Å². The molecule has 1 aromatic heterocycles. The Kier molecular flexibility index (Phi) is 6.12. The highest BCUT2D eigenvalue weighted by Gasteiger charge is 2.27. The van der Waals surface area contributed by atoms with E-state index in [0.717, 1.165) is 5.56 Å². The molecule has 8 nitrogen and oxygen atoms in total. The smallest absolute Gasteiger partial charge is 0.244 e. The molecule has 3 aromatic rings. The van der Waals surface area contributed by atoms with E-state index in [0.29, 0.717) is 34.4 Å². The highest BCUT2D eigenvalue weighted by molar-refractivity contribution is 6.18. The van der Waals surface area contributed by atoms with Gasteiger partial charge in [-0.15, -0.1) is 0 Å². The fourth-order valence-electron chi connectivity index (χ4n) is 3.38. The van der Waals surface area contributed by atoms with Crippen molar-refractivity contribution in [2.24, 2.45) is 4.99 Å². The van der Waals surface area contributed by atoms with E-state index < -0.39 is 0 Å². The summed E-state index contributed by atoms with van der Waals surface area (Å²) in [4.78, 5) is 36.3. The molecule has 8 heteroatoms. The van der Waals surface area contributed by atoms with Gasteiger partial charge in [0.25, 0.3) is 0 Å². The van der Waals surface area contributed by atoms with Gasteiger partial charge < -0.3 is 14.8 Å². The lowest BCUT2D eigenvalue weighted by atomic mass is 10.1. The largest absolute Gasteiger partial charge is 0.497 e. The van der Waals surface area contributed by atoms with Crippen LogP contribution in [-0.4, -0.2) is 43.3 Å². The molecule has 1 N–H and O–H groups in total. The van der Waals surface area contributed by atoms with Crippen molar-refractivity contribution in [1.29, 1.82) is 0 Å². The molecule has 0 saturated heterocycles. The fraction of sp³-hybridized carbons (Fsp3) is 0.167. The molecule has 0 radical (unpaired) electrons. The van der Waals surface area contributed by atoms with Crippen LogP contribution in [0.4, 0.5) is 17.2 Å². The quantitative estimate of drug-likeness (QED) is 0.645. The van der Waals surface area contributed by atoms with E-state index in [4.69, 9.17) is 9.47 Å². The summed E-state index contributed by atoms with van der Waals surface area (Å²) in [6.45, 7) is -0.189. The summed E-state index contributed by atoms with van der Waals surface area (Å²) in [7, 11) is 3.15. The Bertz CT molecular complexity index is 1170. The molecule has 4 rings (SSSR count). The van der Waals surface area contributed by atoms with E-state index in [2.05, 4.69) is 15.3 Å².